The first-order valence-corrected chi connectivity index (χ1v) is 5.89. The van der Waals surface area contributed by atoms with E-state index in [1.807, 2.05) is 19.9 Å². The Morgan fingerprint density at radius 1 is 1.47 bits per heavy atom. The Labute approximate surface area is 101 Å². The van der Waals surface area contributed by atoms with Gasteiger partial charge in [-0.25, -0.2) is 4.39 Å². The van der Waals surface area contributed by atoms with Crippen LogP contribution in [0.1, 0.15) is 31.9 Å². The molecule has 0 saturated carbocycles. The van der Waals surface area contributed by atoms with Gasteiger partial charge in [-0.2, -0.15) is 0 Å². The Morgan fingerprint density at radius 2 is 2.24 bits per heavy atom. The molecule has 4 heteroatoms. The monoisotopic (exact) mass is 238 g/mol. The average Bonchev–Trinajstić information content (AvgIpc) is 2.33. The van der Waals surface area contributed by atoms with Crippen molar-refractivity contribution in [1.29, 1.82) is 0 Å². The van der Waals surface area contributed by atoms with Crippen molar-refractivity contribution in [3.8, 4) is 0 Å². The van der Waals surface area contributed by atoms with E-state index in [9.17, 15) is 9.18 Å². The summed E-state index contributed by atoms with van der Waals surface area (Å²) in [4.78, 5) is 11.4. The quantitative estimate of drug-likeness (QED) is 0.796. The van der Waals surface area contributed by atoms with Gasteiger partial charge in [0, 0.05) is 12.6 Å². The first-order valence-electron chi connectivity index (χ1n) is 5.89. The largest absolute Gasteiger partial charge is 0.355 e. The zero-order valence-electron chi connectivity index (χ0n) is 10.3. The predicted octanol–water partition coefficient (Wildman–Crippen LogP) is 2.00. The standard InChI is InChI=1S/C13H19FN2O/c1-3-7-15-13(17)9-16-10(2)11-5-4-6-12(14)8-11/h4-6,8,10,16H,3,7,9H2,1-2H3,(H,15,17)/t10-/m0/s1. The van der Waals surface area contributed by atoms with Crippen LogP contribution < -0.4 is 10.6 Å². The van der Waals surface area contributed by atoms with Crippen LogP contribution in [-0.2, 0) is 4.79 Å². The van der Waals surface area contributed by atoms with Crippen LogP contribution in [0.3, 0.4) is 0 Å². The van der Waals surface area contributed by atoms with Crippen LogP contribution in [0, 0.1) is 5.82 Å². The molecule has 0 aliphatic carbocycles. The molecule has 0 bridgehead atoms. The highest BCUT2D eigenvalue weighted by Crippen LogP contribution is 2.12. The van der Waals surface area contributed by atoms with Gasteiger partial charge in [-0.15, -0.1) is 0 Å². The maximum Gasteiger partial charge on any atom is 0.233 e. The lowest BCUT2D eigenvalue weighted by Crippen LogP contribution is -2.35. The minimum Gasteiger partial charge on any atom is -0.355 e. The van der Waals surface area contributed by atoms with Crippen LogP contribution in [0.15, 0.2) is 24.3 Å². The molecular formula is C13H19FN2O. The summed E-state index contributed by atoms with van der Waals surface area (Å²) in [5.41, 5.74) is 0.841. The fourth-order valence-corrected chi connectivity index (χ4v) is 1.47. The van der Waals surface area contributed by atoms with E-state index in [1.165, 1.54) is 12.1 Å². The lowest BCUT2D eigenvalue weighted by Gasteiger charge is -2.14. The Hall–Kier alpha value is -1.42. The predicted molar refractivity (Wildman–Crippen MR) is 66.1 cm³/mol. The summed E-state index contributed by atoms with van der Waals surface area (Å²) < 4.78 is 13.0. The summed E-state index contributed by atoms with van der Waals surface area (Å²) in [6, 6.07) is 6.34. The van der Waals surface area contributed by atoms with Crippen LogP contribution in [0.4, 0.5) is 4.39 Å². The average molecular weight is 238 g/mol. The van der Waals surface area contributed by atoms with Crippen molar-refractivity contribution in [1.82, 2.24) is 10.6 Å². The van der Waals surface area contributed by atoms with Crippen LogP contribution in [0.2, 0.25) is 0 Å². The lowest BCUT2D eigenvalue weighted by atomic mass is 10.1. The second kappa shape index (κ2) is 7.01. The van der Waals surface area contributed by atoms with E-state index >= 15 is 0 Å². The fourth-order valence-electron chi connectivity index (χ4n) is 1.47. The molecule has 1 aromatic carbocycles. The molecule has 0 aromatic heterocycles. The molecule has 0 unspecified atom stereocenters. The van der Waals surface area contributed by atoms with Gasteiger partial charge in [0.1, 0.15) is 5.82 Å². The number of rotatable bonds is 6. The van der Waals surface area contributed by atoms with Crippen molar-refractivity contribution < 1.29 is 9.18 Å². The maximum atomic E-state index is 13.0. The molecule has 2 N–H and O–H groups in total. The van der Waals surface area contributed by atoms with Crippen molar-refractivity contribution in [2.75, 3.05) is 13.1 Å². The van der Waals surface area contributed by atoms with Crippen LogP contribution in [0.5, 0.6) is 0 Å². The zero-order chi connectivity index (χ0) is 12.7. The zero-order valence-corrected chi connectivity index (χ0v) is 10.3. The van der Waals surface area contributed by atoms with Crippen molar-refractivity contribution in [2.24, 2.45) is 0 Å². The van der Waals surface area contributed by atoms with Gasteiger partial charge in [-0.05, 0) is 31.0 Å². The van der Waals surface area contributed by atoms with Gasteiger partial charge >= 0.3 is 0 Å². The SMILES string of the molecule is CCCNC(=O)CN[C@@H](C)c1cccc(F)c1. The van der Waals surface area contributed by atoms with Gasteiger partial charge in [0.15, 0.2) is 0 Å². The number of benzene rings is 1. The third kappa shape index (κ3) is 4.95. The number of hydrogen-bond acceptors (Lipinski definition) is 2. The van der Waals surface area contributed by atoms with E-state index < -0.39 is 0 Å². The molecule has 0 aliphatic rings. The maximum absolute atomic E-state index is 13.0. The molecule has 1 aromatic rings. The topological polar surface area (TPSA) is 41.1 Å². The van der Waals surface area contributed by atoms with Gasteiger partial charge in [0.05, 0.1) is 6.54 Å². The van der Waals surface area contributed by atoms with E-state index in [0.717, 1.165) is 12.0 Å². The molecule has 17 heavy (non-hydrogen) atoms. The third-order valence-corrected chi connectivity index (χ3v) is 2.49. The molecule has 0 radical (unpaired) electrons. The van der Waals surface area contributed by atoms with Gasteiger partial charge in [-0.3, -0.25) is 4.79 Å². The van der Waals surface area contributed by atoms with Crippen molar-refractivity contribution in [3.05, 3.63) is 35.6 Å². The van der Waals surface area contributed by atoms with E-state index in [4.69, 9.17) is 0 Å². The van der Waals surface area contributed by atoms with Gasteiger partial charge in [-0.1, -0.05) is 19.1 Å². The summed E-state index contributed by atoms with van der Waals surface area (Å²) in [5, 5.41) is 5.83. The Balaban J connectivity index is 2.39. The highest BCUT2D eigenvalue weighted by molar-refractivity contribution is 5.77. The summed E-state index contributed by atoms with van der Waals surface area (Å²) in [6.07, 6.45) is 0.922. The van der Waals surface area contributed by atoms with E-state index in [2.05, 4.69) is 10.6 Å². The van der Waals surface area contributed by atoms with Crippen molar-refractivity contribution in [3.63, 3.8) is 0 Å². The minimum absolute atomic E-state index is 0.0323. The van der Waals surface area contributed by atoms with Gasteiger partial charge < -0.3 is 10.6 Å². The Morgan fingerprint density at radius 3 is 2.88 bits per heavy atom. The fraction of sp³-hybridized carbons (Fsp3) is 0.462. The van der Waals surface area contributed by atoms with Crippen LogP contribution in [0.25, 0.3) is 0 Å². The first kappa shape index (κ1) is 13.6. The van der Waals surface area contributed by atoms with Crippen molar-refractivity contribution >= 4 is 5.91 Å². The second-order valence-corrected chi connectivity index (χ2v) is 4.01. The molecule has 0 spiro atoms. The number of hydrogen-bond donors (Lipinski definition) is 2. The Bertz CT molecular complexity index is 368. The first-order chi connectivity index (χ1) is 8.13. The van der Waals surface area contributed by atoms with Crippen LogP contribution in [-0.4, -0.2) is 19.0 Å². The summed E-state index contributed by atoms with van der Waals surface area (Å²) in [7, 11) is 0. The molecule has 1 amide bonds. The second-order valence-electron chi connectivity index (χ2n) is 4.01. The number of halogens is 1. The number of amides is 1. The molecule has 3 nitrogen and oxygen atoms in total. The number of carbonyl (C=O) groups is 1. The molecule has 0 saturated heterocycles. The number of carbonyl (C=O) groups excluding carboxylic acids is 1. The molecule has 0 heterocycles. The normalized spacial score (nSPS) is 12.2. The van der Waals surface area contributed by atoms with E-state index in [0.29, 0.717) is 6.54 Å². The molecule has 94 valence electrons. The highest BCUT2D eigenvalue weighted by Gasteiger charge is 2.07. The minimum atomic E-state index is -0.258. The summed E-state index contributed by atoms with van der Waals surface area (Å²) in [6.45, 7) is 4.84. The lowest BCUT2D eigenvalue weighted by molar-refractivity contribution is -0.120. The van der Waals surface area contributed by atoms with Crippen molar-refractivity contribution in [2.45, 2.75) is 26.3 Å². The van der Waals surface area contributed by atoms with Gasteiger partial charge in [0.2, 0.25) is 5.91 Å². The third-order valence-electron chi connectivity index (χ3n) is 2.49. The summed E-state index contributed by atoms with van der Waals surface area (Å²) >= 11 is 0. The molecule has 1 rings (SSSR count). The smallest absolute Gasteiger partial charge is 0.233 e. The molecule has 0 fully saturated rings. The van der Waals surface area contributed by atoms with Gasteiger partial charge in [0.25, 0.3) is 0 Å². The van der Waals surface area contributed by atoms with E-state index in [-0.39, 0.29) is 24.3 Å². The molecule has 1 atom stereocenters. The molecule has 0 aliphatic heterocycles. The number of nitrogens with one attached hydrogen (secondary N) is 2. The summed E-state index contributed by atoms with van der Waals surface area (Å²) in [5.74, 6) is -0.290. The van der Waals surface area contributed by atoms with E-state index in [1.54, 1.807) is 6.07 Å². The molecular weight excluding hydrogens is 219 g/mol. The highest BCUT2D eigenvalue weighted by atomic mass is 19.1. The van der Waals surface area contributed by atoms with Crippen LogP contribution >= 0.6 is 0 Å². The Kier molecular flexibility index (Phi) is 5.63.